The monoisotopic (exact) mass is 326 g/mol. The Morgan fingerprint density at radius 2 is 2.17 bits per heavy atom. The van der Waals surface area contributed by atoms with Crippen LogP contribution < -0.4 is 10.5 Å². The van der Waals surface area contributed by atoms with Crippen molar-refractivity contribution in [2.24, 2.45) is 5.73 Å². The quantitative estimate of drug-likeness (QED) is 0.878. The van der Waals surface area contributed by atoms with Crippen molar-refractivity contribution in [3.8, 4) is 11.5 Å². The summed E-state index contributed by atoms with van der Waals surface area (Å²) < 4.78 is 19.2. The normalized spacial score (nSPS) is 10.1. The predicted molar refractivity (Wildman–Crippen MR) is 74.3 cm³/mol. The number of hydrogen-bond acceptors (Lipinski definition) is 3. The summed E-state index contributed by atoms with van der Waals surface area (Å²) in [6.07, 6.45) is 1.56. The molecule has 0 bridgehead atoms. The molecule has 0 radical (unpaired) electrons. The van der Waals surface area contributed by atoms with E-state index in [9.17, 15) is 4.39 Å². The zero-order valence-electron chi connectivity index (χ0n) is 9.06. The molecule has 0 spiro atoms. The van der Waals surface area contributed by atoms with Gasteiger partial charge in [0, 0.05) is 12.3 Å². The number of ether oxygens (including phenoxy) is 1. The summed E-state index contributed by atoms with van der Waals surface area (Å²) in [7, 11) is 0. The summed E-state index contributed by atoms with van der Waals surface area (Å²) in [4.78, 5) is 4.15. The van der Waals surface area contributed by atoms with Gasteiger partial charge in [0.1, 0.15) is 22.2 Å². The minimum absolute atomic E-state index is 0.128. The Bertz CT molecular complexity index is 606. The molecule has 92 valence electrons. The third-order valence-electron chi connectivity index (χ3n) is 2.12. The molecule has 2 N–H and O–H groups in total. The topological polar surface area (TPSA) is 48.1 Å². The average molecular weight is 327 g/mol. The number of hydrogen-bond donors (Lipinski definition) is 1. The fourth-order valence-corrected chi connectivity index (χ4v) is 1.73. The molecular formula is C12H8BrFN2OS. The standard InChI is InChI=1S/C12H8BrFN2OS/c13-8-4-3-7(6-9(8)14)17-10-2-1-5-16-11(10)12(15)18/h1-6H,(H2,15,18). The van der Waals surface area contributed by atoms with Crippen molar-refractivity contribution >= 4 is 33.1 Å². The molecule has 0 atom stereocenters. The highest BCUT2D eigenvalue weighted by Crippen LogP contribution is 2.27. The van der Waals surface area contributed by atoms with Gasteiger partial charge in [-0.3, -0.25) is 0 Å². The molecule has 18 heavy (non-hydrogen) atoms. The van der Waals surface area contributed by atoms with E-state index in [2.05, 4.69) is 20.9 Å². The lowest BCUT2D eigenvalue weighted by atomic mass is 10.3. The molecule has 0 saturated carbocycles. The molecule has 3 nitrogen and oxygen atoms in total. The molecule has 0 saturated heterocycles. The lowest BCUT2D eigenvalue weighted by Crippen LogP contribution is -2.12. The first-order valence-corrected chi connectivity index (χ1v) is 6.16. The van der Waals surface area contributed by atoms with Gasteiger partial charge in [0.15, 0.2) is 5.75 Å². The Morgan fingerprint density at radius 3 is 2.83 bits per heavy atom. The second-order valence-corrected chi connectivity index (χ2v) is 4.69. The minimum atomic E-state index is -0.409. The Balaban J connectivity index is 2.34. The van der Waals surface area contributed by atoms with Gasteiger partial charge in [-0.25, -0.2) is 9.37 Å². The zero-order chi connectivity index (χ0) is 13.1. The van der Waals surface area contributed by atoms with E-state index in [1.165, 1.54) is 6.07 Å². The minimum Gasteiger partial charge on any atom is -0.455 e. The van der Waals surface area contributed by atoms with Gasteiger partial charge in [-0.05, 0) is 40.2 Å². The van der Waals surface area contributed by atoms with Crippen LogP contribution in [-0.2, 0) is 0 Å². The van der Waals surface area contributed by atoms with Crippen LogP contribution >= 0.6 is 28.1 Å². The number of nitrogens with zero attached hydrogens (tertiary/aromatic N) is 1. The number of aromatic nitrogens is 1. The molecule has 0 aliphatic rings. The number of rotatable bonds is 3. The van der Waals surface area contributed by atoms with Crippen LogP contribution in [0.3, 0.4) is 0 Å². The van der Waals surface area contributed by atoms with Gasteiger partial charge in [0.2, 0.25) is 0 Å². The number of benzene rings is 1. The van der Waals surface area contributed by atoms with E-state index < -0.39 is 5.82 Å². The van der Waals surface area contributed by atoms with Crippen molar-refractivity contribution in [2.75, 3.05) is 0 Å². The van der Waals surface area contributed by atoms with Crippen LogP contribution in [0.1, 0.15) is 5.69 Å². The van der Waals surface area contributed by atoms with E-state index in [1.807, 2.05) is 0 Å². The maximum absolute atomic E-state index is 13.3. The summed E-state index contributed by atoms with van der Waals surface area (Å²) in [5, 5.41) is 0. The Labute approximate surface area is 117 Å². The fourth-order valence-electron chi connectivity index (χ4n) is 1.33. The van der Waals surface area contributed by atoms with Crippen molar-refractivity contribution in [3.63, 3.8) is 0 Å². The van der Waals surface area contributed by atoms with E-state index in [4.69, 9.17) is 22.7 Å². The molecule has 1 aromatic heterocycles. The highest BCUT2D eigenvalue weighted by atomic mass is 79.9. The second-order valence-electron chi connectivity index (χ2n) is 3.39. The molecule has 2 rings (SSSR count). The first-order valence-electron chi connectivity index (χ1n) is 4.95. The van der Waals surface area contributed by atoms with Crippen LogP contribution in [0.4, 0.5) is 4.39 Å². The number of thiocarbonyl (C=S) groups is 1. The van der Waals surface area contributed by atoms with Gasteiger partial charge in [0.05, 0.1) is 4.47 Å². The van der Waals surface area contributed by atoms with E-state index >= 15 is 0 Å². The van der Waals surface area contributed by atoms with Crippen molar-refractivity contribution in [1.82, 2.24) is 4.98 Å². The SMILES string of the molecule is NC(=S)c1ncccc1Oc1ccc(Br)c(F)c1. The lowest BCUT2D eigenvalue weighted by Gasteiger charge is -2.09. The van der Waals surface area contributed by atoms with E-state index in [-0.39, 0.29) is 4.99 Å². The zero-order valence-corrected chi connectivity index (χ0v) is 11.5. The van der Waals surface area contributed by atoms with Gasteiger partial charge < -0.3 is 10.5 Å². The summed E-state index contributed by atoms with van der Waals surface area (Å²) in [6, 6.07) is 7.80. The average Bonchev–Trinajstić information content (AvgIpc) is 2.34. The molecular weight excluding hydrogens is 319 g/mol. The number of pyridine rings is 1. The van der Waals surface area contributed by atoms with Gasteiger partial charge in [-0.2, -0.15) is 0 Å². The summed E-state index contributed by atoms with van der Waals surface area (Å²) in [5.74, 6) is 0.334. The largest absolute Gasteiger partial charge is 0.455 e. The smallest absolute Gasteiger partial charge is 0.156 e. The predicted octanol–water partition coefficient (Wildman–Crippen LogP) is 3.41. The van der Waals surface area contributed by atoms with Crippen molar-refractivity contribution in [3.05, 3.63) is 52.5 Å². The second kappa shape index (κ2) is 5.41. The number of nitrogens with two attached hydrogens (primary N) is 1. The van der Waals surface area contributed by atoms with Crippen molar-refractivity contribution in [1.29, 1.82) is 0 Å². The molecule has 1 aromatic carbocycles. The fraction of sp³-hybridized carbons (Fsp3) is 0. The Kier molecular flexibility index (Phi) is 3.88. The van der Waals surface area contributed by atoms with Crippen molar-refractivity contribution in [2.45, 2.75) is 0 Å². The van der Waals surface area contributed by atoms with Crippen LogP contribution in [0.5, 0.6) is 11.5 Å². The summed E-state index contributed by atoms with van der Waals surface area (Å²) >= 11 is 7.93. The van der Waals surface area contributed by atoms with Gasteiger partial charge in [-0.1, -0.05) is 12.2 Å². The molecule has 2 aromatic rings. The Morgan fingerprint density at radius 1 is 1.39 bits per heavy atom. The molecule has 1 heterocycles. The van der Waals surface area contributed by atoms with Gasteiger partial charge in [0.25, 0.3) is 0 Å². The summed E-state index contributed by atoms with van der Waals surface area (Å²) in [6.45, 7) is 0. The third-order valence-corrected chi connectivity index (χ3v) is 2.96. The van der Waals surface area contributed by atoms with E-state index in [0.717, 1.165) is 0 Å². The van der Waals surface area contributed by atoms with E-state index in [1.54, 1.807) is 30.5 Å². The van der Waals surface area contributed by atoms with Gasteiger partial charge >= 0.3 is 0 Å². The van der Waals surface area contributed by atoms with Crippen LogP contribution in [0.15, 0.2) is 41.0 Å². The van der Waals surface area contributed by atoms with Gasteiger partial charge in [-0.15, -0.1) is 0 Å². The molecule has 0 unspecified atom stereocenters. The summed E-state index contributed by atoms with van der Waals surface area (Å²) in [5.41, 5.74) is 5.90. The van der Waals surface area contributed by atoms with Crippen molar-refractivity contribution < 1.29 is 9.13 Å². The first-order chi connectivity index (χ1) is 8.58. The Hall–Kier alpha value is -1.53. The molecule has 0 aliphatic carbocycles. The highest BCUT2D eigenvalue weighted by molar-refractivity contribution is 9.10. The third kappa shape index (κ3) is 2.83. The van der Waals surface area contributed by atoms with Crippen LogP contribution in [0.25, 0.3) is 0 Å². The maximum Gasteiger partial charge on any atom is 0.156 e. The highest BCUT2D eigenvalue weighted by Gasteiger charge is 2.09. The molecule has 0 amide bonds. The van der Waals surface area contributed by atoms with Crippen LogP contribution in [0, 0.1) is 5.82 Å². The van der Waals surface area contributed by atoms with Crippen LogP contribution in [-0.4, -0.2) is 9.97 Å². The van der Waals surface area contributed by atoms with Crippen LogP contribution in [0.2, 0.25) is 0 Å². The van der Waals surface area contributed by atoms with E-state index in [0.29, 0.717) is 21.7 Å². The molecule has 0 aliphatic heterocycles. The molecule has 6 heteroatoms. The maximum atomic E-state index is 13.3. The lowest BCUT2D eigenvalue weighted by molar-refractivity contribution is 0.473. The molecule has 0 fully saturated rings. The number of halogens is 2. The first kappa shape index (κ1) is 12.9.